The van der Waals surface area contributed by atoms with Crippen LogP contribution >= 0.6 is 0 Å². The molecule has 1 saturated heterocycles. The molecule has 1 fully saturated rings. The zero-order valence-electron chi connectivity index (χ0n) is 12.9. The Hall–Kier alpha value is -1.55. The lowest BCUT2D eigenvalue weighted by Gasteiger charge is -2.36. The first kappa shape index (κ1) is 14.9. The Morgan fingerprint density at radius 2 is 1.80 bits per heavy atom. The smallest absolute Gasteiger partial charge is 0.321 e. The Bertz CT molecular complexity index is 477. The van der Waals surface area contributed by atoms with Crippen molar-refractivity contribution in [1.82, 2.24) is 9.80 Å². The van der Waals surface area contributed by atoms with Gasteiger partial charge in [-0.2, -0.15) is 0 Å². The van der Waals surface area contributed by atoms with Crippen molar-refractivity contribution in [1.29, 1.82) is 0 Å². The molecule has 0 unspecified atom stereocenters. The quantitative estimate of drug-likeness (QED) is 0.901. The van der Waals surface area contributed by atoms with Gasteiger partial charge in [0, 0.05) is 37.9 Å². The molecule has 4 heteroatoms. The highest BCUT2D eigenvalue weighted by molar-refractivity contribution is 5.90. The molecule has 0 aliphatic carbocycles. The highest BCUT2D eigenvalue weighted by Gasteiger charge is 2.22. The zero-order chi connectivity index (χ0) is 14.7. The minimum absolute atomic E-state index is 0.0158. The van der Waals surface area contributed by atoms with Gasteiger partial charge in [-0.05, 0) is 44.9 Å². The molecule has 4 nitrogen and oxygen atoms in total. The summed E-state index contributed by atoms with van der Waals surface area (Å²) in [5.41, 5.74) is 3.18. The van der Waals surface area contributed by atoms with Crippen LogP contribution in [0.5, 0.6) is 0 Å². The van der Waals surface area contributed by atoms with E-state index in [1.807, 2.05) is 30.9 Å². The second-order valence-corrected chi connectivity index (χ2v) is 5.87. The molecular weight excluding hydrogens is 250 g/mol. The molecule has 1 aliphatic heterocycles. The van der Waals surface area contributed by atoms with Gasteiger partial charge in [-0.3, -0.25) is 4.90 Å². The number of amides is 2. The Kier molecular flexibility index (Phi) is 4.65. The summed E-state index contributed by atoms with van der Waals surface area (Å²) in [6.07, 6.45) is 0. The van der Waals surface area contributed by atoms with Crippen LogP contribution in [0.1, 0.15) is 25.0 Å². The van der Waals surface area contributed by atoms with E-state index in [1.165, 1.54) is 0 Å². The van der Waals surface area contributed by atoms with E-state index in [-0.39, 0.29) is 6.03 Å². The van der Waals surface area contributed by atoms with Gasteiger partial charge in [-0.1, -0.05) is 12.1 Å². The summed E-state index contributed by atoms with van der Waals surface area (Å²) in [5.74, 6) is 0. The highest BCUT2D eigenvalue weighted by atomic mass is 16.2. The number of rotatable bonds is 2. The molecule has 0 saturated carbocycles. The first-order valence-corrected chi connectivity index (χ1v) is 7.34. The van der Waals surface area contributed by atoms with E-state index in [2.05, 4.69) is 30.1 Å². The van der Waals surface area contributed by atoms with Gasteiger partial charge in [-0.25, -0.2) is 4.79 Å². The standard InChI is InChI=1S/C16H25N3O/c1-12(2)18-7-9-19(10-8-18)16(20)17-15-11-13(3)5-6-14(15)4/h5-6,11-12H,7-10H2,1-4H3,(H,17,20). The third-order valence-corrected chi connectivity index (χ3v) is 3.97. The van der Waals surface area contributed by atoms with Crippen LogP contribution in [0.3, 0.4) is 0 Å². The van der Waals surface area contributed by atoms with Gasteiger partial charge in [0.25, 0.3) is 0 Å². The monoisotopic (exact) mass is 275 g/mol. The highest BCUT2D eigenvalue weighted by Crippen LogP contribution is 2.17. The molecule has 1 aliphatic rings. The number of urea groups is 1. The van der Waals surface area contributed by atoms with Crippen molar-refractivity contribution < 1.29 is 4.79 Å². The Labute approximate surface area is 121 Å². The molecule has 1 aromatic carbocycles. The van der Waals surface area contributed by atoms with Crippen LogP contribution in [0, 0.1) is 13.8 Å². The largest absolute Gasteiger partial charge is 0.322 e. The molecule has 2 rings (SSSR count). The molecule has 2 amide bonds. The van der Waals surface area contributed by atoms with Crippen LogP contribution in [-0.2, 0) is 0 Å². The minimum Gasteiger partial charge on any atom is -0.322 e. The number of hydrogen-bond donors (Lipinski definition) is 1. The molecule has 20 heavy (non-hydrogen) atoms. The Balaban J connectivity index is 1.94. The van der Waals surface area contributed by atoms with Crippen molar-refractivity contribution >= 4 is 11.7 Å². The Morgan fingerprint density at radius 1 is 1.15 bits per heavy atom. The van der Waals surface area contributed by atoms with Gasteiger partial charge in [0.1, 0.15) is 0 Å². The maximum atomic E-state index is 12.3. The molecule has 0 aromatic heterocycles. The summed E-state index contributed by atoms with van der Waals surface area (Å²) >= 11 is 0. The lowest BCUT2D eigenvalue weighted by Crippen LogP contribution is -2.51. The predicted octanol–water partition coefficient (Wildman–Crippen LogP) is 2.86. The molecule has 0 spiro atoms. The minimum atomic E-state index is 0.0158. The number of nitrogens with zero attached hydrogens (tertiary/aromatic N) is 2. The average molecular weight is 275 g/mol. The fraction of sp³-hybridized carbons (Fsp3) is 0.562. The third kappa shape index (κ3) is 3.51. The molecule has 0 atom stereocenters. The summed E-state index contributed by atoms with van der Waals surface area (Å²) in [6.45, 7) is 12.0. The molecule has 1 heterocycles. The Morgan fingerprint density at radius 3 is 2.40 bits per heavy atom. The van der Waals surface area contributed by atoms with E-state index in [9.17, 15) is 4.79 Å². The third-order valence-electron chi connectivity index (χ3n) is 3.97. The molecule has 1 aromatic rings. The summed E-state index contributed by atoms with van der Waals surface area (Å²) in [4.78, 5) is 16.6. The van der Waals surface area contributed by atoms with Crippen LogP contribution in [0.25, 0.3) is 0 Å². The van der Waals surface area contributed by atoms with Crippen molar-refractivity contribution in [3.8, 4) is 0 Å². The van der Waals surface area contributed by atoms with E-state index < -0.39 is 0 Å². The maximum absolute atomic E-state index is 12.3. The summed E-state index contributed by atoms with van der Waals surface area (Å²) in [6, 6.07) is 6.70. The molecule has 0 bridgehead atoms. The number of piperazine rings is 1. The van der Waals surface area contributed by atoms with Crippen molar-refractivity contribution in [2.45, 2.75) is 33.7 Å². The van der Waals surface area contributed by atoms with E-state index in [4.69, 9.17) is 0 Å². The fourth-order valence-electron chi connectivity index (χ4n) is 2.51. The molecule has 110 valence electrons. The van der Waals surface area contributed by atoms with Crippen LogP contribution in [0.4, 0.5) is 10.5 Å². The summed E-state index contributed by atoms with van der Waals surface area (Å²) in [5, 5.41) is 3.03. The predicted molar refractivity (Wildman–Crippen MR) is 83.2 cm³/mol. The van der Waals surface area contributed by atoms with Gasteiger partial charge < -0.3 is 10.2 Å². The number of hydrogen-bond acceptors (Lipinski definition) is 2. The van der Waals surface area contributed by atoms with E-state index >= 15 is 0 Å². The van der Waals surface area contributed by atoms with Gasteiger partial charge >= 0.3 is 6.03 Å². The molecular formula is C16H25N3O. The van der Waals surface area contributed by atoms with E-state index in [1.54, 1.807) is 0 Å². The van der Waals surface area contributed by atoms with Crippen LogP contribution in [0.2, 0.25) is 0 Å². The molecule has 0 radical (unpaired) electrons. The van der Waals surface area contributed by atoms with Crippen LogP contribution in [-0.4, -0.2) is 48.1 Å². The normalized spacial score (nSPS) is 16.6. The SMILES string of the molecule is Cc1ccc(C)c(NC(=O)N2CCN(C(C)C)CC2)c1. The van der Waals surface area contributed by atoms with Crippen molar-refractivity contribution in [3.63, 3.8) is 0 Å². The second kappa shape index (κ2) is 6.27. The number of carbonyl (C=O) groups excluding carboxylic acids is 1. The van der Waals surface area contributed by atoms with Crippen molar-refractivity contribution in [2.75, 3.05) is 31.5 Å². The average Bonchev–Trinajstić information content (AvgIpc) is 2.43. The number of nitrogens with one attached hydrogen (secondary N) is 1. The summed E-state index contributed by atoms with van der Waals surface area (Å²) in [7, 11) is 0. The molecule has 1 N–H and O–H groups in total. The van der Waals surface area contributed by atoms with Crippen LogP contribution < -0.4 is 5.32 Å². The number of aryl methyl sites for hydroxylation is 2. The second-order valence-electron chi connectivity index (χ2n) is 5.87. The van der Waals surface area contributed by atoms with Gasteiger partial charge in [-0.15, -0.1) is 0 Å². The maximum Gasteiger partial charge on any atom is 0.321 e. The van der Waals surface area contributed by atoms with Crippen molar-refractivity contribution in [3.05, 3.63) is 29.3 Å². The van der Waals surface area contributed by atoms with Gasteiger partial charge in [0.15, 0.2) is 0 Å². The lowest BCUT2D eigenvalue weighted by molar-refractivity contribution is 0.125. The fourth-order valence-corrected chi connectivity index (χ4v) is 2.51. The van der Waals surface area contributed by atoms with Crippen LogP contribution in [0.15, 0.2) is 18.2 Å². The first-order chi connectivity index (χ1) is 9.47. The van der Waals surface area contributed by atoms with E-state index in [0.717, 1.165) is 43.0 Å². The summed E-state index contributed by atoms with van der Waals surface area (Å²) < 4.78 is 0. The van der Waals surface area contributed by atoms with Gasteiger partial charge in [0.2, 0.25) is 0 Å². The number of carbonyl (C=O) groups is 1. The first-order valence-electron chi connectivity index (χ1n) is 7.34. The van der Waals surface area contributed by atoms with Gasteiger partial charge in [0.05, 0.1) is 0 Å². The zero-order valence-corrected chi connectivity index (χ0v) is 12.9. The van der Waals surface area contributed by atoms with E-state index in [0.29, 0.717) is 6.04 Å². The number of benzene rings is 1. The topological polar surface area (TPSA) is 35.6 Å². The van der Waals surface area contributed by atoms with Crippen molar-refractivity contribution in [2.24, 2.45) is 0 Å². The lowest BCUT2D eigenvalue weighted by atomic mass is 10.1. The number of anilines is 1.